The van der Waals surface area contributed by atoms with Crippen molar-refractivity contribution in [2.75, 3.05) is 18.5 Å². The van der Waals surface area contributed by atoms with Gasteiger partial charge in [-0.1, -0.05) is 36.4 Å². The minimum absolute atomic E-state index is 0.0519. The van der Waals surface area contributed by atoms with Gasteiger partial charge < -0.3 is 15.0 Å². The zero-order chi connectivity index (χ0) is 15.6. The molecule has 4 heteroatoms. The standard InChI is InChI=1S/C19H19N3O/c1-21-16-9-5-3-7-14(16)19(23)22-11-10-13-12-6-2-4-8-15(12)20-17(13)18(21)22/h2-9,18-20,23H,10-11H2,1H3/t18-,19?/m0/s1. The van der Waals surface area contributed by atoms with Gasteiger partial charge >= 0.3 is 0 Å². The van der Waals surface area contributed by atoms with Crippen LogP contribution in [0.5, 0.6) is 0 Å². The Bertz CT molecular complexity index is 901. The highest BCUT2D eigenvalue weighted by atomic mass is 16.3. The number of aromatic amines is 1. The lowest BCUT2D eigenvalue weighted by Crippen LogP contribution is -2.49. The van der Waals surface area contributed by atoms with E-state index < -0.39 is 6.23 Å². The van der Waals surface area contributed by atoms with Gasteiger partial charge in [-0.15, -0.1) is 0 Å². The predicted octanol–water partition coefficient (Wildman–Crippen LogP) is 3.17. The predicted molar refractivity (Wildman–Crippen MR) is 91.3 cm³/mol. The summed E-state index contributed by atoms with van der Waals surface area (Å²) < 4.78 is 0. The maximum absolute atomic E-state index is 10.9. The molecule has 0 aliphatic carbocycles. The van der Waals surface area contributed by atoms with Crippen molar-refractivity contribution in [1.29, 1.82) is 0 Å². The van der Waals surface area contributed by atoms with E-state index in [1.165, 1.54) is 22.2 Å². The molecule has 0 bridgehead atoms. The van der Waals surface area contributed by atoms with E-state index in [0.717, 1.165) is 24.2 Å². The van der Waals surface area contributed by atoms with E-state index in [-0.39, 0.29) is 6.17 Å². The smallest absolute Gasteiger partial charge is 0.137 e. The average molecular weight is 305 g/mol. The minimum atomic E-state index is -0.549. The molecule has 0 saturated heterocycles. The van der Waals surface area contributed by atoms with Crippen molar-refractivity contribution in [3.8, 4) is 0 Å². The monoisotopic (exact) mass is 305 g/mol. The summed E-state index contributed by atoms with van der Waals surface area (Å²) >= 11 is 0. The summed E-state index contributed by atoms with van der Waals surface area (Å²) in [4.78, 5) is 8.06. The Kier molecular flexibility index (Phi) is 2.63. The van der Waals surface area contributed by atoms with Crippen LogP contribution in [0.2, 0.25) is 0 Å². The van der Waals surface area contributed by atoms with Gasteiger partial charge in [0.15, 0.2) is 0 Å². The van der Waals surface area contributed by atoms with Crippen LogP contribution in [0.25, 0.3) is 10.9 Å². The highest BCUT2D eigenvalue weighted by Crippen LogP contribution is 2.46. The second-order valence-electron chi connectivity index (χ2n) is 6.47. The van der Waals surface area contributed by atoms with E-state index in [2.05, 4.69) is 52.2 Å². The van der Waals surface area contributed by atoms with Crippen LogP contribution in [-0.2, 0) is 6.42 Å². The van der Waals surface area contributed by atoms with Crippen LogP contribution in [0.4, 0.5) is 5.69 Å². The maximum Gasteiger partial charge on any atom is 0.137 e. The number of H-pyrrole nitrogens is 1. The largest absolute Gasteiger partial charge is 0.374 e. The van der Waals surface area contributed by atoms with Crippen molar-refractivity contribution in [2.24, 2.45) is 0 Å². The van der Waals surface area contributed by atoms with Crippen molar-refractivity contribution in [2.45, 2.75) is 18.8 Å². The molecule has 1 unspecified atom stereocenters. The van der Waals surface area contributed by atoms with Crippen molar-refractivity contribution in [3.05, 3.63) is 65.4 Å². The van der Waals surface area contributed by atoms with Gasteiger partial charge in [0.2, 0.25) is 0 Å². The number of nitrogens with one attached hydrogen (secondary N) is 1. The lowest BCUT2D eigenvalue weighted by Gasteiger charge is -2.48. The summed E-state index contributed by atoms with van der Waals surface area (Å²) in [6, 6.07) is 16.6. The lowest BCUT2D eigenvalue weighted by molar-refractivity contribution is -0.0414. The SMILES string of the molecule is CN1c2ccccc2C(O)N2CCc3c([nH]c4ccccc34)[C@@H]12. The molecule has 0 radical (unpaired) electrons. The fourth-order valence-corrected chi connectivity index (χ4v) is 4.25. The van der Waals surface area contributed by atoms with E-state index in [1.54, 1.807) is 0 Å². The molecule has 5 rings (SSSR count). The van der Waals surface area contributed by atoms with Crippen molar-refractivity contribution < 1.29 is 5.11 Å². The highest BCUT2D eigenvalue weighted by molar-refractivity contribution is 5.85. The molecule has 2 aliphatic heterocycles. The Morgan fingerprint density at radius 2 is 1.87 bits per heavy atom. The molecule has 0 amide bonds. The number of nitrogens with zero attached hydrogens (tertiary/aromatic N) is 2. The second-order valence-corrected chi connectivity index (χ2v) is 6.47. The maximum atomic E-state index is 10.9. The summed E-state index contributed by atoms with van der Waals surface area (Å²) in [5.74, 6) is 0. The summed E-state index contributed by atoms with van der Waals surface area (Å²) in [6.45, 7) is 0.860. The van der Waals surface area contributed by atoms with Crippen LogP contribution in [0.15, 0.2) is 48.5 Å². The third kappa shape index (κ3) is 1.68. The zero-order valence-electron chi connectivity index (χ0n) is 13.0. The number of rotatable bonds is 0. The van der Waals surface area contributed by atoms with Crippen molar-refractivity contribution >= 4 is 16.6 Å². The Morgan fingerprint density at radius 1 is 1.09 bits per heavy atom. The number of fused-ring (bicyclic) bond motifs is 6. The third-order valence-electron chi connectivity index (χ3n) is 5.31. The number of hydrogen-bond acceptors (Lipinski definition) is 3. The van der Waals surface area contributed by atoms with Gasteiger partial charge in [-0.05, 0) is 24.1 Å². The molecule has 4 nitrogen and oxygen atoms in total. The summed E-state index contributed by atoms with van der Waals surface area (Å²) in [7, 11) is 2.11. The molecule has 0 spiro atoms. The number of anilines is 1. The van der Waals surface area contributed by atoms with Gasteiger partial charge in [0, 0.05) is 35.7 Å². The van der Waals surface area contributed by atoms with E-state index in [1.807, 2.05) is 18.2 Å². The van der Waals surface area contributed by atoms with E-state index >= 15 is 0 Å². The quantitative estimate of drug-likeness (QED) is 0.670. The molecule has 116 valence electrons. The average Bonchev–Trinajstić information content (AvgIpc) is 2.98. The highest BCUT2D eigenvalue weighted by Gasteiger charge is 2.41. The normalized spacial score (nSPS) is 23.5. The molecule has 3 aromatic rings. The van der Waals surface area contributed by atoms with Gasteiger partial charge in [-0.25, -0.2) is 4.90 Å². The van der Waals surface area contributed by atoms with Crippen LogP contribution in [-0.4, -0.2) is 28.6 Å². The first-order valence-corrected chi connectivity index (χ1v) is 8.11. The molecule has 3 heterocycles. The topological polar surface area (TPSA) is 42.5 Å². The van der Waals surface area contributed by atoms with Crippen LogP contribution in [0.3, 0.4) is 0 Å². The number of aliphatic hydroxyl groups is 1. The molecular formula is C19H19N3O. The van der Waals surface area contributed by atoms with Crippen LogP contribution in [0.1, 0.15) is 29.2 Å². The molecule has 1 aromatic heterocycles. The van der Waals surface area contributed by atoms with Gasteiger partial charge in [-0.2, -0.15) is 0 Å². The number of aliphatic hydroxyl groups excluding tert-OH is 1. The van der Waals surface area contributed by atoms with Gasteiger partial charge in [-0.3, -0.25) is 0 Å². The molecule has 2 atom stereocenters. The fraction of sp³-hybridized carbons (Fsp3) is 0.263. The van der Waals surface area contributed by atoms with Crippen LogP contribution < -0.4 is 4.90 Å². The Hall–Kier alpha value is -2.30. The van der Waals surface area contributed by atoms with Crippen LogP contribution >= 0.6 is 0 Å². The van der Waals surface area contributed by atoms with Gasteiger partial charge in [0.25, 0.3) is 0 Å². The molecule has 23 heavy (non-hydrogen) atoms. The Labute approximate surface area is 135 Å². The number of para-hydroxylation sites is 2. The third-order valence-corrected chi connectivity index (χ3v) is 5.31. The van der Waals surface area contributed by atoms with E-state index in [0.29, 0.717) is 0 Å². The molecule has 0 saturated carbocycles. The van der Waals surface area contributed by atoms with Crippen molar-refractivity contribution in [1.82, 2.24) is 9.88 Å². The van der Waals surface area contributed by atoms with Crippen LogP contribution in [0, 0.1) is 0 Å². The Morgan fingerprint density at radius 3 is 2.78 bits per heavy atom. The summed E-state index contributed by atoms with van der Waals surface area (Å²) in [6.07, 6.45) is 0.464. The molecule has 2 aromatic carbocycles. The van der Waals surface area contributed by atoms with E-state index in [9.17, 15) is 5.11 Å². The first kappa shape index (κ1) is 13.2. The molecular weight excluding hydrogens is 286 g/mol. The van der Waals surface area contributed by atoms with Gasteiger partial charge in [0.1, 0.15) is 12.4 Å². The second kappa shape index (κ2) is 4.60. The minimum Gasteiger partial charge on any atom is -0.374 e. The lowest BCUT2D eigenvalue weighted by atomic mass is 9.95. The fourth-order valence-electron chi connectivity index (χ4n) is 4.25. The van der Waals surface area contributed by atoms with Gasteiger partial charge in [0.05, 0.1) is 5.69 Å². The first-order chi connectivity index (χ1) is 11.3. The Balaban J connectivity index is 1.73. The first-order valence-electron chi connectivity index (χ1n) is 8.11. The summed E-state index contributed by atoms with van der Waals surface area (Å²) in [5, 5.41) is 12.2. The van der Waals surface area contributed by atoms with Crippen molar-refractivity contribution in [3.63, 3.8) is 0 Å². The molecule has 0 fully saturated rings. The molecule has 2 aliphatic rings. The zero-order valence-corrected chi connectivity index (χ0v) is 13.0. The summed E-state index contributed by atoms with van der Waals surface area (Å²) in [5.41, 5.74) is 5.88. The number of benzene rings is 2. The number of hydrogen-bond donors (Lipinski definition) is 2. The number of aromatic nitrogens is 1. The molecule has 2 N–H and O–H groups in total. The van der Waals surface area contributed by atoms with E-state index in [4.69, 9.17) is 0 Å².